The Morgan fingerprint density at radius 1 is 0.760 bits per heavy atom. The molecule has 0 spiro atoms. The molecule has 3 atom stereocenters. The van der Waals surface area contributed by atoms with Crippen LogP contribution in [-0.2, 0) is 51.1 Å². The number of rotatable bonds is 24. The van der Waals surface area contributed by atoms with Gasteiger partial charge in [-0.15, -0.1) is 0 Å². The molecule has 0 saturated carbocycles. The fraction of sp³-hybridized carbons (Fsp3) is 0.833. The largest absolute Gasteiger partial charge is 0.469 e. The number of hydrogen-bond acceptors (Lipinski definition) is 11. The van der Waals surface area contributed by atoms with E-state index in [9.17, 15) is 19.2 Å². The molecule has 14 heteroatoms. The second-order valence-corrected chi connectivity index (χ2v) is 28.6. The van der Waals surface area contributed by atoms with Crippen molar-refractivity contribution in [1.82, 2.24) is 0 Å². The van der Waals surface area contributed by atoms with Crippen LogP contribution in [0.1, 0.15) is 79.1 Å². The van der Waals surface area contributed by atoms with Crippen LogP contribution < -0.4 is 0 Å². The maximum Gasteiger partial charge on any atom is 0.311 e. The summed E-state index contributed by atoms with van der Waals surface area (Å²) in [5, 5.41) is 0. The van der Waals surface area contributed by atoms with Crippen LogP contribution in [0.3, 0.4) is 0 Å². The van der Waals surface area contributed by atoms with Gasteiger partial charge in [-0.3, -0.25) is 19.2 Å². The lowest BCUT2D eigenvalue weighted by atomic mass is 9.75. The highest BCUT2D eigenvalue weighted by molar-refractivity contribution is 6.87. The molecule has 0 aromatic carbocycles. The van der Waals surface area contributed by atoms with Crippen molar-refractivity contribution in [3.8, 4) is 0 Å². The van der Waals surface area contributed by atoms with Gasteiger partial charge >= 0.3 is 32.4 Å². The zero-order chi connectivity index (χ0) is 39.4. The van der Waals surface area contributed by atoms with Crippen LogP contribution in [-0.4, -0.2) is 90.7 Å². The van der Waals surface area contributed by atoms with Crippen LogP contribution in [0.15, 0.2) is 12.7 Å². The van der Waals surface area contributed by atoms with Crippen LogP contribution in [0.4, 0.5) is 0 Å². The third-order valence-electron chi connectivity index (χ3n) is 8.32. The molecule has 0 aromatic heterocycles. The van der Waals surface area contributed by atoms with E-state index in [-0.39, 0.29) is 25.4 Å². The van der Waals surface area contributed by atoms with Gasteiger partial charge in [-0.2, -0.15) is 0 Å². The first-order chi connectivity index (χ1) is 22.9. The summed E-state index contributed by atoms with van der Waals surface area (Å²) in [6, 6.07) is 0.874. The van der Waals surface area contributed by atoms with Crippen molar-refractivity contribution in [2.45, 2.75) is 131 Å². The molecule has 3 unspecified atom stereocenters. The average Bonchev–Trinajstić information content (AvgIpc) is 3.00. The summed E-state index contributed by atoms with van der Waals surface area (Å²) in [4.78, 5) is 51.4. The molecule has 0 amide bonds. The Hall–Kier alpha value is -1.85. The van der Waals surface area contributed by atoms with E-state index >= 15 is 0 Å². The first kappa shape index (κ1) is 50.3. The number of ether oxygens (including phenoxy) is 5. The highest BCUT2D eigenvalue weighted by atomic mass is 28.5. The number of unbranched alkanes of at least 4 members (excludes halogenated alkanes) is 1. The summed E-state index contributed by atoms with van der Waals surface area (Å²) in [6.45, 7) is 26.5. The van der Waals surface area contributed by atoms with Gasteiger partial charge in [-0.05, 0) is 111 Å². The highest BCUT2D eigenvalue weighted by Crippen LogP contribution is 2.36. The predicted molar refractivity (Wildman–Crippen MR) is 206 cm³/mol. The number of hydrogen-bond donors (Lipinski definition) is 0. The van der Waals surface area contributed by atoms with Gasteiger partial charge in [0.2, 0.25) is 0 Å². The van der Waals surface area contributed by atoms with Gasteiger partial charge < -0.3 is 31.9 Å². The van der Waals surface area contributed by atoms with Gasteiger partial charge in [-0.1, -0.05) is 32.4 Å². The molecular weight excluding hydrogens is 693 g/mol. The van der Waals surface area contributed by atoms with Crippen molar-refractivity contribution in [3.63, 3.8) is 0 Å². The van der Waals surface area contributed by atoms with E-state index in [1.165, 1.54) is 20.3 Å². The summed E-state index contributed by atoms with van der Waals surface area (Å²) in [5.74, 6) is -2.86. The van der Waals surface area contributed by atoms with Crippen LogP contribution in [0, 0.1) is 22.7 Å². The maximum atomic E-state index is 13.0. The van der Waals surface area contributed by atoms with E-state index in [4.69, 9.17) is 27.2 Å². The molecule has 11 nitrogen and oxygen atoms in total. The van der Waals surface area contributed by atoms with Crippen LogP contribution >= 0.6 is 0 Å². The van der Waals surface area contributed by atoms with Crippen molar-refractivity contribution in [2.24, 2.45) is 22.7 Å². The zero-order valence-electron chi connectivity index (χ0n) is 34.2. The van der Waals surface area contributed by atoms with Gasteiger partial charge in [-0.25, -0.2) is 0 Å². The van der Waals surface area contributed by atoms with E-state index in [1.54, 1.807) is 21.1 Å². The van der Waals surface area contributed by atoms with E-state index in [1.807, 2.05) is 20.8 Å². The van der Waals surface area contributed by atoms with Crippen molar-refractivity contribution < 1.29 is 51.1 Å². The van der Waals surface area contributed by atoms with E-state index in [0.717, 1.165) is 12.5 Å². The Morgan fingerprint density at radius 3 is 1.82 bits per heavy atom. The van der Waals surface area contributed by atoms with Gasteiger partial charge in [0.15, 0.2) is 16.6 Å². The summed E-state index contributed by atoms with van der Waals surface area (Å²) in [5.41, 5.74) is -1.60. The molecular formula is C36H72O11Si3. The highest BCUT2D eigenvalue weighted by Gasteiger charge is 2.40. The first-order valence-corrected chi connectivity index (χ1v) is 27.1. The smallest absolute Gasteiger partial charge is 0.311 e. The molecule has 294 valence electrons. The topological polar surface area (TPSA) is 133 Å². The lowest BCUT2D eigenvalue weighted by Crippen LogP contribution is -2.51. The Morgan fingerprint density at radius 2 is 1.34 bits per heavy atom. The molecule has 0 aromatic rings. The van der Waals surface area contributed by atoms with Crippen LogP contribution in [0.5, 0.6) is 0 Å². The van der Waals surface area contributed by atoms with E-state index < -0.39 is 65.8 Å². The second kappa shape index (κ2) is 23.7. The maximum absolute atomic E-state index is 13.0. The fourth-order valence-electron chi connectivity index (χ4n) is 5.92. The molecule has 0 aliphatic carbocycles. The molecule has 0 fully saturated rings. The number of carbonyl (C=O) groups is 4. The standard InChI is InChI=1S/C34H66O10Si3.C2H6O/c1-15-22-41-30(36)27(25-28(29(35)39-6)26-34(5,16-2)32(38)40-7)20-17-18-21-33(3,4)31(37)42-23-19-24-46(11,12)44-47(13,14)43-45(8,9)10;1-3-2/h15,27-28H,1,16-26H2,2-14H3;1-2H3. The molecule has 0 bridgehead atoms. The summed E-state index contributed by atoms with van der Waals surface area (Å²) >= 11 is 0. The molecule has 0 N–H and O–H groups in total. The molecule has 0 aliphatic heterocycles. The van der Waals surface area contributed by atoms with Crippen molar-refractivity contribution >= 4 is 49.1 Å². The minimum absolute atomic E-state index is 0.0592. The molecule has 0 rings (SSSR count). The van der Waals surface area contributed by atoms with Gasteiger partial charge in [0.05, 0.1) is 43.5 Å². The molecule has 0 aliphatic rings. The van der Waals surface area contributed by atoms with Crippen LogP contribution in [0.2, 0.25) is 51.9 Å². The lowest BCUT2D eigenvalue weighted by Gasteiger charge is -2.37. The van der Waals surface area contributed by atoms with Gasteiger partial charge in [0, 0.05) is 14.2 Å². The number of methoxy groups -OCH3 is 3. The van der Waals surface area contributed by atoms with Gasteiger partial charge in [0.25, 0.3) is 0 Å². The minimum atomic E-state index is -2.22. The lowest BCUT2D eigenvalue weighted by molar-refractivity contribution is -0.157. The zero-order valence-corrected chi connectivity index (χ0v) is 37.2. The molecule has 50 heavy (non-hydrogen) atoms. The summed E-state index contributed by atoms with van der Waals surface area (Å²) in [7, 11) is -0.0345. The van der Waals surface area contributed by atoms with Crippen molar-refractivity contribution in [1.29, 1.82) is 0 Å². The third-order valence-corrected chi connectivity index (χ3v) is 18.5. The SMILES string of the molecule is C=CCOC(=O)C(CCCCC(C)(C)C(=O)OCCC[Si](C)(C)O[Si](C)(C)O[Si](C)(C)C)CC(CC(C)(CC)C(=O)OC)C(=O)OC.COC. The molecule has 0 heterocycles. The predicted octanol–water partition coefficient (Wildman–Crippen LogP) is 8.05. The Kier molecular flexibility index (Phi) is 23.8. The average molecular weight is 765 g/mol. The van der Waals surface area contributed by atoms with E-state index in [2.05, 4.69) is 57.1 Å². The second-order valence-electron chi connectivity index (χ2n) is 15.9. The summed E-state index contributed by atoms with van der Waals surface area (Å²) in [6.07, 6.45) is 5.40. The monoisotopic (exact) mass is 764 g/mol. The van der Waals surface area contributed by atoms with E-state index in [0.29, 0.717) is 38.7 Å². The van der Waals surface area contributed by atoms with Crippen LogP contribution in [0.25, 0.3) is 0 Å². The minimum Gasteiger partial charge on any atom is -0.469 e. The Bertz CT molecular complexity index is 1040. The van der Waals surface area contributed by atoms with Gasteiger partial charge in [0.1, 0.15) is 6.61 Å². The Labute approximate surface area is 307 Å². The van der Waals surface area contributed by atoms with Crippen molar-refractivity contribution in [2.75, 3.05) is 41.7 Å². The summed E-state index contributed by atoms with van der Waals surface area (Å²) < 4.78 is 38.3. The third kappa shape index (κ3) is 21.5. The Balaban J connectivity index is 0. The number of esters is 4. The van der Waals surface area contributed by atoms with Crippen molar-refractivity contribution in [3.05, 3.63) is 12.7 Å². The number of carbonyl (C=O) groups excluding carboxylic acids is 4. The quantitative estimate of drug-likeness (QED) is 0.0311. The normalized spacial score (nSPS) is 14.6. The molecule has 0 radical (unpaired) electrons. The first-order valence-electron chi connectivity index (χ1n) is 17.8. The fourth-order valence-corrected chi connectivity index (χ4v) is 19.1. The molecule has 0 saturated heterocycles.